The molecule has 4 aliphatic heterocycles. The van der Waals surface area contributed by atoms with Gasteiger partial charge in [0.2, 0.25) is 0 Å². The van der Waals surface area contributed by atoms with Gasteiger partial charge in [0.15, 0.2) is 24.7 Å². The van der Waals surface area contributed by atoms with E-state index in [2.05, 4.69) is 0 Å². The van der Waals surface area contributed by atoms with Gasteiger partial charge in [0.05, 0.1) is 55.2 Å². The van der Waals surface area contributed by atoms with E-state index in [0.29, 0.717) is 12.8 Å². The third-order valence-corrected chi connectivity index (χ3v) is 13.8. The first-order valence-corrected chi connectivity index (χ1v) is 23.1. The minimum atomic E-state index is -1.46. The quantitative estimate of drug-likeness (QED) is 0.178. The molecule has 5 N–H and O–H groups in total. The number of cyclic esters (lactones) is 1. The third kappa shape index (κ3) is 13.4. The summed E-state index contributed by atoms with van der Waals surface area (Å²) in [6.07, 6.45) is -7.77. The van der Waals surface area contributed by atoms with E-state index in [-0.39, 0.29) is 37.1 Å². The Morgan fingerprint density at radius 1 is 0.844 bits per heavy atom. The van der Waals surface area contributed by atoms with Gasteiger partial charge in [-0.3, -0.25) is 9.59 Å². The Bertz CT molecular complexity index is 1540. The summed E-state index contributed by atoms with van der Waals surface area (Å²) < 4.78 is 55.1. The van der Waals surface area contributed by atoms with E-state index < -0.39 is 127 Å². The number of hydrogen-bond donors (Lipinski definition) is 5. The van der Waals surface area contributed by atoms with Crippen LogP contribution in [0.25, 0.3) is 0 Å². The summed E-state index contributed by atoms with van der Waals surface area (Å²) in [5.74, 6) is -2.85. The predicted octanol–water partition coefficient (Wildman–Crippen LogP) is 2.90. The SMILES string of the molecule is CC[C@@H]1OC(=O)C[C@@H](O)[C@H](C)[C@@H](OC2OC(C)C(OC3CC(C)(O)C(O)C(C)O3)C(N(C)C)C2O)[C@@H](C(C)C)C[C@@H](C)C(=O)/C=C/C(C)=C/[C@@H]1COC1OC(C)C(O)C(OC)C1OC. The van der Waals surface area contributed by atoms with E-state index >= 15 is 0 Å². The van der Waals surface area contributed by atoms with E-state index in [1.165, 1.54) is 21.1 Å². The number of aliphatic hydroxyl groups excluding tert-OH is 4. The van der Waals surface area contributed by atoms with E-state index in [4.69, 9.17) is 42.6 Å². The highest BCUT2D eigenvalue weighted by Gasteiger charge is 2.52. The number of hydrogen-bond acceptors (Lipinski definition) is 17. The van der Waals surface area contributed by atoms with Gasteiger partial charge in [-0.25, -0.2) is 0 Å². The third-order valence-electron chi connectivity index (χ3n) is 13.8. The smallest absolute Gasteiger partial charge is 0.308 e. The van der Waals surface area contributed by atoms with Crippen molar-refractivity contribution in [3.05, 3.63) is 23.8 Å². The van der Waals surface area contributed by atoms with E-state index in [1.807, 2.05) is 45.6 Å². The first-order valence-electron chi connectivity index (χ1n) is 23.1. The number of carbonyl (C=O) groups is 2. The van der Waals surface area contributed by atoms with Gasteiger partial charge in [0, 0.05) is 38.4 Å². The Morgan fingerprint density at radius 2 is 1.48 bits per heavy atom. The van der Waals surface area contributed by atoms with Gasteiger partial charge >= 0.3 is 5.97 Å². The Hall–Kier alpha value is -1.94. The lowest BCUT2D eigenvalue weighted by molar-refractivity contribution is -0.342. The van der Waals surface area contributed by atoms with Crippen LogP contribution < -0.4 is 0 Å². The van der Waals surface area contributed by atoms with Crippen LogP contribution in [0.5, 0.6) is 0 Å². The summed E-state index contributed by atoms with van der Waals surface area (Å²) in [6, 6.07) is -0.686. The second kappa shape index (κ2) is 23.9. The molecule has 0 aromatic heterocycles. The molecule has 0 aliphatic carbocycles. The summed E-state index contributed by atoms with van der Waals surface area (Å²) in [6.45, 7) is 18.1. The van der Waals surface area contributed by atoms with E-state index in [1.54, 1.807) is 53.9 Å². The lowest BCUT2D eigenvalue weighted by Crippen LogP contribution is -2.65. The Balaban J connectivity index is 1.62. The van der Waals surface area contributed by atoms with Crippen LogP contribution in [0.2, 0.25) is 0 Å². The van der Waals surface area contributed by atoms with Crippen molar-refractivity contribution < 1.29 is 77.8 Å². The second-order valence-electron chi connectivity index (χ2n) is 19.5. The second-order valence-corrected chi connectivity index (χ2v) is 19.5. The van der Waals surface area contributed by atoms with Gasteiger partial charge in [0.1, 0.15) is 42.7 Å². The monoisotopic (exact) mass is 916 g/mol. The van der Waals surface area contributed by atoms with Crippen LogP contribution in [-0.2, 0) is 52.2 Å². The molecule has 0 radical (unpaired) electrons. The summed E-state index contributed by atoms with van der Waals surface area (Å²) >= 11 is 0. The molecule has 3 fully saturated rings. The predicted molar refractivity (Wildman–Crippen MR) is 234 cm³/mol. The van der Waals surface area contributed by atoms with Crippen molar-refractivity contribution in [3.8, 4) is 0 Å². The van der Waals surface area contributed by atoms with Crippen molar-refractivity contribution >= 4 is 11.8 Å². The summed E-state index contributed by atoms with van der Waals surface area (Å²) in [5, 5.41) is 56.0. The number of carbonyl (C=O) groups excluding carboxylic acids is 2. The van der Waals surface area contributed by atoms with Crippen molar-refractivity contribution in [2.45, 2.75) is 199 Å². The van der Waals surface area contributed by atoms with Crippen LogP contribution in [0, 0.1) is 29.6 Å². The number of rotatable bonds is 12. The van der Waals surface area contributed by atoms with Crippen LogP contribution in [0.4, 0.5) is 0 Å². The van der Waals surface area contributed by atoms with Crippen molar-refractivity contribution in [2.75, 3.05) is 34.9 Å². The Labute approximate surface area is 380 Å². The Kier molecular flexibility index (Phi) is 20.4. The average molecular weight is 916 g/mol. The van der Waals surface area contributed by atoms with Gasteiger partial charge in [-0.15, -0.1) is 0 Å². The molecule has 4 heterocycles. The number of ketones is 1. The molecule has 0 saturated carbocycles. The average Bonchev–Trinajstić information content (AvgIpc) is 3.22. The lowest BCUT2D eigenvalue weighted by Gasteiger charge is -2.50. The highest BCUT2D eigenvalue weighted by atomic mass is 16.7. The first-order chi connectivity index (χ1) is 29.9. The zero-order valence-corrected chi connectivity index (χ0v) is 40.6. The van der Waals surface area contributed by atoms with Gasteiger partial charge < -0.3 is 73.1 Å². The highest BCUT2D eigenvalue weighted by molar-refractivity contribution is 5.91. The first kappa shape index (κ1) is 54.7. The molecule has 14 unspecified atom stereocenters. The largest absolute Gasteiger partial charge is 0.462 e. The summed E-state index contributed by atoms with van der Waals surface area (Å²) in [7, 11) is 6.55. The molecule has 0 aromatic carbocycles. The zero-order valence-electron chi connectivity index (χ0n) is 40.6. The van der Waals surface area contributed by atoms with Crippen LogP contribution in [0.1, 0.15) is 94.9 Å². The fraction of sp³-hybridized carbons (Fsp3) is 0.872. The number of nitrogens with zero attached hydrogens (tertiary/aromatic N) is 1. The molecule has 4 aliphatic rings. The van der Waals surface area contributed by atoms with Crippen LogP contribution in [0.3, 0.4) is 0 Å². The molecule has 0 bridgehead atoms. The summed E-state index contributed by atoms with van der Waals surface area (Å²) in [5.41, 5.74) is -0.728. The fourth-order valence-electron chi connectivity index (χ4n) is 9.71. The number of allylic oxidation sites excluding steroid dienone is 3. The maximum atomic E-state index is 13.8. The maximum Gasteiger partial charge on any atom is 0.308 e. The van der Waals surface area contributed by atoms with Gasteiger partial charge in [0.25, 0.3) is 0 Å². The number of esters is 1. The molecule has 17 heteroatoms. The molecule has 0 aromatic rings. The molecule has 0 spiro atoms. The van der Waals surface area contributed by atoms with Crippen molar-refractivity contribution in [1.29, 1.82) is 0 Å². The van der Waals surface area contributed by atoms with Gasteiger partial charge in [-0.2, -0.15) is 0 Å². The topological polar surface area (TPSA) is 222 Å². The molecule has 3 saturated heterocycles. The van der Waals surface area contributed by atoms with Gasteiger partial charge in [-0.1, -0.05) is 52.3 Å². The molecule has 64 heavy (non-hydrogen) atoms. The molecule has 21 atom stereocenters. The number of methoxy groups -OCH3 is 2. The van der Waals surface area contributed by atoms with E-state index in [0.717, 1.165) is 5.57 Å². The Morgan fingerprint density at radius 3 is 2.06 bits per heavy atom. The van der Waals surface area contributed by atoms with Crippen LogP contribution in [0.15, 0.2) is 23.8 Å². The standard InChI is InChI=1S/C47H81NO16/c1-15-34-30(22-58-46-43(57-14)42(56-13)38(52)27(7)60-46)18-24(4)16-17-32(49)25(5)19-31(23(2)3)40(26(6)33(50)20-35(51)62-34)64-45-39(53)37(48(11)12)41(28(8)61-45)63-36-21-47(10,55)44(54)29(9)59-36/h16-18,23,25-31,33-34,36-46,50,52-55H,15,19-22H2,1-14H3/b17-16+,24-18+/t25-,26+,27?,28?,29?,30-,31-,33-,34+,36?,37?,38?,39?,40-,41?,42?,43?,44?,45?,46?,47?/m1/s1. The highest BCUT2D eigenvalue weighted by Crippen LogP contribution is 2.38. The number of likely N-dealkylation sites (N-methyl/N-ethyl adjacent to an activating group) is 1. The summed E-state index contributed by atoms with van der Waals surface area (Å²) in [4.78, 5) is 29.5. The lowest BCUT2D eigenvalue weighted by atomic mass is 9.76. The minimum absolute atomic E-state index is 0.00608. The fourth-order valence-corrected chi connectivity index (χ4v) is 9.71. The van der Waals surface area contributed by atoms with Gasteiger partial charge in [-0.05, 0) is 79.5 Å². The number of ether oxygens (including phenoxy) is 9. The molecular formula is C47H81NO16. The van der Waals surface area contributed by atoms with Crippen molar-refractivity contribution in [2.24, 2.45) is 29.6 Å². The normalized spacial score (nSPS) is 46.1. The zero-order chi connectivity index (χ0) is 48.0. The van der Waals surface area contributed by atoms with Crippen molar-refractivity contribution in [1.82, 2.24) is 4.90 Å². The molecular weight excluding hydrogens is 835 g/mol. The molecule has 370 valence electrons. The number of aliphatic hydroxyl groups is 5. The van der Waals surface area contributed by atoms with Crippen LogP contribution >= 0.6 is 0 Å². The minimum Gasteiger partial charge on any atom is -0.462 e. The van der Waals surface area contributed by atoms with Crippen molar-refractivity contribution in [3.63, 3.8) is 0 Å². The molecule has 4 rings (SSSR count). The maximum absolute atomic E-state index is 13.8. The molecule has 17 nitrogen and oxygen atoms in total. The molecule has 0 amide bonds. The van der Waals surface area contributed by atoms with Crippen LogP contribution in [-0.4, -0.2) is 181 Å². The van der Waals surface area contributed by atoms with E-state index in [9.17, 15) is 35.1 Å².